The van der Waals surface area contributed by atoms with Crippen LogP contribution in [0.1, 0.15) is 30.9 Å². The predicted octanol–water partition coefficient (Wildman–Crippen LogP) is 5.19. The fourth-order valence-corrected chi connectivity index (χ4v) is 5.57. The molecule has 3 aromatic heterocycles. The Labute approximate surface area is 207 Å². The third-order valence-electron chi connectivity index (χ3n) is 6.69. The van der Waals surface area contributed by atoms with Crippen molar-refractivity contribution in [1.29, 1.82) is 5.26 Å². The molecular formula is C24H18F5N5O2S. The van der Waals surface area contributed by atoms with Gasteiger partial charge in [0.1, 0.15) is 16.1 Å². The van der Waals surface area contributed by atoms with Crippen molar-refractivity contribution in [3.05, 3.63) is 47.8 Å². The summed E-state index contributed by atoms with van der Waals surface area (Å²) in [7, 11) is -2.49. The first kappa shape index (κ1) is 25.0. The number of imidazole rings is 1. The molecule has 7 nitrogen and oxygen atoms in total. The van der Waals surface area contributed by atoms with Crippen LogP contribution < -0.4 is 0 Å². The van der Waals surface area contributed by atoms with Gasteiger partial charge in [0.25, 0.3) is 0 Å². The number of hydrogen-bond donors (Lipinski definition) is 0. The van der Waals surface area contributed by atoms with Crippen LogP contribution in [0, 0.1) is 11.3 Å². The van der Waals surface area contributed by atoms with Crippen molar-refractivity contribution < 1.29 is 30.4 Å². The standard InChI is InChI=1S/C24H18F5N5O2S/c1-3-37(35,36)19-16-5-4-14(22(12-30)6-7-22)8-13(16)10-31-18(19)21-33-17-9-15(11-32-20(17)34(21)2)23(25,26)24(27,28)29/h4-5,8-11H,3,6-7H2,1-2H3. The smallest absolute Gasteiger partial charge is 0.310 e. The van der Waals surface area contributed by atoms with Gasteiger partial charge >= 0.3 is 12.1 Å². The molecule has 0 radical (unpaired) electrons. The second-order valence-electron chi connectivity index (χ2n) is 8.97. The monoisotopic (exact) mass is 535 g/mol. The highest BCUT2D eigenvalue weighted by molar-refractivity contribution is 7.91. The Morgan fingerprint density at radius 1 is 1.11 bits per heavy atom. The van der Waals surface area contributed by atoms with Gasteiger partial charge in [0.15, 0.2) is 21.3 Å². The van der Waals surface area contributed by atoms with Crippen LogP contribution in [0.25, 0.3) is 33.5 Å². The minimum atomic E-state index is -5.83. The molecule has 1 aromatic carbocycles. The first-order valence-electron chi connectivity index (χ1n) is 11.1. The van der Waals surface area contributed by atoms with Gasteiger partial charge in [0.2, 0.25) is 0 Å². The van der Waals surface area contributed by atoms with Crippen molar-refractivity contribution in [2.24, 2.45) is 7.05 Å². The van der Waals surface area contributed by atoms with E-state index >= 15 is 0 Å². The van der Waals surface area contributed by atoms with Crippen LogP contribution in [0.15, 0.2) is 41.6 Å². The van der Waals surface area contributed by atoms with Crippen molar-refractivity contribution in [1.82, 2.24) is 19.5 Å². The number of benzene rings is 1. The predicted molar refractivity (Wildman–Crippen MR) is 123 cm³/mol. The van der Waals surface area contributed by atoms with Gasteiger partial charge in [-0.05, 0) is 30.5 Å². The largest absolute Gasteiger partial charge is 0.458 e. The van der Waals surface area contributed by atoms with Crippen LogP contribution in [-0.2, 0) is 28.2 Å². The summed E-state index contributed by atoms with van der Waals surface area (Å²) in [6, 6.07) is 7.88. The third kappa shape index (κ3) is 3.73. The molecule has 1 saturated carbocycles. The molecule has 4 aromatic rings. The Bertz CT molecular complexity index is 1730. The first-order chi connectivity index (χ1) is 17.3. The van der Waals surface area contributed by atoms with E-state index < -0.39 is 32.9 Å². The van der Waals surface area contributed by atoms with E-state index in [-0.39, 0.29) is 33.3 Å². The average Bonchev–Trinajstić information content (AvgIpc) is 3.59. The van der Waals surface area contributed by atoms with Gasteiger partial charge < -0.3 is 4.57 Å². The molecule has 0 spiro atoms. The zero-order valence-corrected chi connectivity index (χ0v) is 20.3. The number of hydrogen-bond acceptors (Lipinski definition) is 6. The number of halogens is 5. The molecule has 1 aliphatic carbocycles. The first-order valence-corrected chi connectivity index (χ1v) is 12.8. The number of rotatable bonds is 5. The summed E-state index contributed by atoms with van der Waals surface area (Å²) in [6.07, 6.45) is -2.59. The van der Waals surface area contributed by atoms with Crippen molar-refractivity contribution in [2.45, 2.75) is 42.2 Å². The molecule has 1 aliphatic rings. The average molecular weight is 535 g/mol. The number of fused-ring (bicyclic) bond motifs is 2. The Morgan fingerprint density at radius 2 is 1.81 bits per heavy atom. The molecule has 3 heterocycles. The molecule has 0 N–H and O–H groups in total. The lowest BCUT2D eigenvalue weighted by Gasteiger charge is -2.19. The summed E-state index contributed by atoms with van der Waals surface area (Å²) in [5, 5.41) is 10.3. The molecule has 0 saturated heterocycles. The van der Waals surface area contributed by atoms with E-state index in [4.69, 9.17) is 0 Å². The molecule has 1 fully saturated rings. The molecular weight excluding hydrogens is 517 g/mol. The van der Waals surface area contributed by atoms with Crippen LogP contribution in [0.3, 0.4) is 0 Å². The lowest BCUT2D eigenvalue weighted by Crippen LogP contribution is -2.33. The zero-order valence-electron chi connectivity index (χ0n) is 19.4. The van der Waals surface area contributed by atoms with Gasteiger partial charge in [-0.1, -0.05) is 19.1 Å². The topological polar surface area (TPSA) is 102 Å². The number of aryl methyl sites for hydroxylation is 1. The molecule has 13 heteroatoms. The van der Waals surface area contributed by atoms with E-state index in [2.05, 4.69) is 21.0 Å². The van der Waals surface area contributed by atoms with E-state index in [0.29, 0.717) is 35.9 Å². The normalized spacial score (nSPS) is 15.7. The van der Waals surface area contributed by atoms with Gasteiger partial charge in [-0.25, -0.2) is 18.4 Å². The van der Waals surface area contributed by atoms with Gasteiger partial charge in [-0.3, -0.25) is 4.98 Å². The van der Waals surface area contributed by atoms with E-state index in [9.17, 15) is 35.6 Å². The number of nitriles is 1. The van der Waals surface area contributed by atoms with E-state index in [0.717, 1.165) is 5.56 Å². The maximum Gasteiger partial charge on any atom is 0.458 e. The maximum absolute atomic E-state index is 13.9. The molecule has 0 bridgehead atoms. The molecule has 5 rings (SSSR count). The molecule has 192 valence electrons. The number of alkyl halides is 5. The molecule has 0 amide bonds. The summed E-state index contributed by atoms with van der Waals surface area (Å²) in [6.45, 7) is 1.45. The maximum atomic E-state index is 13.9. The second-order valence-corrected chi connectivity index (χ2v) is 11.2. The van der Waals surface area contributed by atoms with Crippen molar-refractivity contribution >= 4 is 31.8 Å². The molecule has 0 atom stereocenters. The summed E-state index contributed by atoms with van der Waals surface area (Å²) in [5.41, 5.74) is -1.63. The lowest BCUT2D eigenvalue weighted by molar-refractivity contribution is -0.289. The van der Waals surface area contributed by atoms with E-state index in [1.54, 1.807) is 18.2 Å². The summed E-state index contributed by atoms with van der Waals surface area (Å²) in [4.78, 5) is 12.1. The highest BCUT2D eigenvalue weighted by Crippen LogP contribution is 2.48. The van der Waals surface area contributed by atoms with Crippen LogP contribution in [0.2, 0.25) is 0 Å². The minimum absolute atomic E-state index is 0.0292. The van der Waals surface area contributed by atoms with Crippen LogP contribution in [-0.4, -0.2) is 39.9 Å². The zero-order chi connectivity index (χ0) is 27.0. The molecule has 0 unspecified atom stereocenters. The lowest BCUT2D eigenvalue weighted by atomic mass is 9.95. The van der Waals surface area contributed by atoms with Gasteiger partial charge in [-0.15, -0.1) is 0 Å². The summed E-state index contributed by atoms with van der Waals surface area (Å²) < 4.78 is 94.1. The third-order valence-corrected chi connectivity index (χ3v) is 8.49. The SMILES string of the molecule is CCS(=O)(=O)c1c(-c2nc3cc(C(F)(F)C(F)(F)F)cnc3n2C)ncc2cc(C3(C#N)CC3)ccc12. The summed E-state index contributed by atoms with van der Waals surface area (Å²) >= 11 is 0. The van der Waals surface area contributed by atoms with Crippen molar-refractivity contribution in [2.75, 3.05) is 5.75 Å². The van der Waals surface area contributed by atoms with E-state index in [1.165, 1.54) is 24.7 Å². The van der Waals surface area contributed by atoms with Crippen molar-refractivity contribution in [3.8, 4) is 17.6 Å². The van der Waals surface area contributed by atoms with Crippen LogP contribution in [0.4, 0.5) is 22.0 Å². The van der Waals surface area contributed by atoms with Gasteiger partial charge in [-0.2, -0.15) is 27.2 Å². The number of sulfone groups is 1. The highest BCUT2D eigenvalue weighted by Gasteiger charge is 2.59. The van der Waals surface area contributed by atoms with Gasteiger partial charge in [0, 0.05) is 30.2 Å². The Hall–Kier alpha value is -3.66. The number of pyridine rings is 2. The highest BCUT2D eigenvalue weighted by atomic mass is 32.2. The molecule has 37 heavy (non-hydrogen) atoms. The number of aromatic nitrogens is 4. The Kier molecular flexibility index (Phi) is 5.35. The second kappa shape index (κ2) is 7.92. The van der Waals surface area contributed by atoms with Gasteiger partial charge in [0.05, 0.1) is 22.8 Å². The van der Waals surface area contributed by atoms with Crippen LogP contribution >= 0.6 is 0 Å². The quantitative estimate of drug-likeness (QED) is 0.326. The van der Waals surface area contributed by atoms with Crippen molar-refractivity contribution in [3.63, 3.8) is 0 Å². The fraction of sp³-hybridized carbons (Fsp3) is 0.333. The minimum Gasteiger partial charge on any atom is -0.310 e. The molecule has 0 aliphatic heterocycles. The number of nitrogens with zero attached hydrogens (tertiary/aromatic N) is 5. The Morgan fingerprint density at radius 3 is 2.41 bits per heavy atom. The Balaban J connectivity index is 1.74. The fourth-order valence-electron chi connectivity index (χ4n) is 4.33. The van der Waals surface area contributed by atoms with Crippen LogP contribution in [0.5, 0.6) is 0 Å². The van der Waals surface area contributed by atoms with E-state index in [1.807, 2.05) is 0 Å². The summed E-state index contributed by atoms with van der Waals surface area (Å²) in [5.74, 6) is -5.50.